The molecule has 0 aromatic heterocycles. The SMILES string of the molecule is O=C(O)C1CCCN1S(=O)(=O)c1cc2c(cc1Cl)OCCO2. The minimum absolute atomic E-state index is 0.0136. The molecule has 0 spiro atoms. The van der Waals surface area contributed by atoms with Crippen molar-refractivity contribution in [2.45, 2.75) is 23.8 Å². The van der Waals surface area contributed by atoms with Gasteiger partial charge in [0, 0.05) is 18.7 Å². The monoisotopic (exact) mass is 347 g/mol. The largest absolute Gasteiger partial charge is 0.486 e. The van der Waals surface area contributed by atoms with Gasteiger partial charge < -0.3 is 14.6 Å². The number of carboxylic acid groups (broad SMARTS) is 1. The van der Waals surface area contributed by atoms with E-state index in [2.05, 4.69) is 0 Å². The molecule has 2 aliphatic heterocycles. The zero-order chi connectivity index (χ0) is 15.9. The van der Waals surface area contributed by atoms with E-state index in [1.807, 2.05) is 0 Å². The number of ether oxygens (including phenoxy) is 2. The van der Waals surface area contributed by atoms with Gasteiger partial charge in [0.15, 0.2) is 11.5 Å². The van der Waals surface area contributed by atoms with Crippen LogP contribution in [0.3, 0.4) is 0 Å². The summed E-state index contributed by atoms with van der Waals surface area (Å²) < 4.78 is 37.2. The minimum atomic E-state index is -4.01. The summed E-state index contributed by atoms with van der Waals surface area (Å²) in [7, 11) is -4.01. The maximum Gasteiger partial charge on any atom is 0.322 e. The molecule has 1 atom stereocenters. The molecule has 120 valence electrons. The Hall–Kier alpha value is -1.51. The van der Waals surface area contributed by atoms with Gasteiger partial charge in [0.2, 0.25) is 10.0 Å². The lowest BCUT2D eigenvalue weighted by Gasteiger charge is -2.24. The highest BCUT2D eigenvalue weighted by Gasteiger charge is 2.40. The molecule has 0 aliphatic carbocycles. The van der Waals surface area contributed by atoms with Crippen LogP contribution in [0.2, 0.25) is 5.02 Å². The normalized spacial score (nSPS) is 21.8. The number of nitrogens with zero attached hydrogens (tertiary/aromatic N) is 1. The number of rotatable bonds is 3. The van der Waals surface area contributed by atoms with Gasteiger partial charge in [0.05, 0.1) is 5.02 Å². The second kappa shape index (κ2) is 5.60. The van der Waals surface area contributed by atoms with Crippen LogP contribution in [0, 0.1) is 0 Å². The van der Waals surface area contributed by atoms with Crippen molar-refractivity contribution in [1.29, 1.82) is 0 Å². The molecular formula is C13H14ClNO6S. The van der Waals surface area contributed by atoms with Crippen LogP contribution in [0.15, 0.2) is 17.0 Å². The number of carbonyl (C=O) groups is 1. The summed E-state index contributed by atoms with van der Waals surface area (Å²) in [5.74, 6) is -0.485. The Balaban J connectivity index is 2.04. The number of aliphatic carboxylic acids is 1. The van der Waals surface area contributed by atoms with E-state index in [0.717, 1.165) is 4.31 Å². The van der Waals surface area contributed by atoms with Crippen molar-refractivity contribution in [3.8, 4) is 11.5 Å². The van der Waals surface area contributed by atoms with Crippen LogP contribution in [0.1, 0.15) is 12.8 Å². The summed E-state index contributed by atoms with van der Waals surface area (Å²) in [6.07, 6.45) is 0.787. The van der Waals surface area contributed by atoms with E-state index in [9.17, 15) is 18.3 Å². The molecule has 22 heavy (non-hydrogen) atoms. The first-order valence-electron chi connectivity index (χ1n) is 6.75. The van der Waals surface area contributed by atoms with Crippen molar-refractivity contribution < 1.29 is 27.8 Å². The molecule has 0 bridgehead atoms. The standard InChI is InChI=1S/C13H14ClNO6S/c14-8-6-10-11(21-5-4-20-10)7-12(8)22(18,19)15-3-1-2-9(15)13(16)17/h6-7,9H,1-5H2,(H,16,17). The number of hydrogen-bond donors (Lipinski definition) is 1. The van der Waals surface area contributed by atoms with Crippen LogP contribution < -0.4 is 9.47 Å². The van der Waals surface area contributed by atoms with Gasteiger partial charge in [-0.1, -0.05) is 11.6 Å². The fourth-order valence-electron chi connectivity index (χ4n) is 2.64. The van der Waals surface area contributed by atoms with E-state index >= 15 is 0 Å². The average Bonchev–Trinajstić information content (AvgIpc) is 2.96. The van der Waals surface area contributed by atoms with Gasteiger partial charge in [-0.05, 0) is 12.8 Å². The van der Waals surface area contributed by atoms with Crippen molar-refractivity contribution >= 4 is 27.6 Å². The second-order valence-electron chi connectivity index (χ2n) is 5.04. The van der Waals surface area contributed by atoms with E-state index < -0.39 is 22.0 Å². The van der Waals surface area contributed by atoms with Gasteiger partial charge in [-0.3, -0.25) is 4.79 Å². The second-order valence-corrected chi connectivity index (χ2v) is 7.30. The third-order valence-electron chi connectivity index (χ3n) is 3.67. The van der Waals surface area contributed by atoms with E-state index in [1.54, 1.807) is 0 Å². The molecule has 1 aromatic carbocycles. The molecule has 0 radical (unpaired) electrons. The lowest BCUT2D eigenvalue weighted by molar-refractivity contribution is -0.140. The number of sulfonamides is 1. The van der Waals surface area contributed by atoms with Crippen molar-refractivity contribution in [3.63, 3.8) is 0 Å². The summed E-state index contributed by atoms with van der Waals surface area (Å²) in [4.78, 5) is 11.1. The fourth-order valence-corrected chi connectivity index (χ4v) is 4.80. The number of halogens is 1. The van der Waals surface area contributed by atoms with Crippen LogP contribution in [0.5, 0.6) is 11.5 Å². The molecule has 0 amide bonds. The van der Waals surface area contributed by atoms with Gasteiger partial charge >= 0.3 is 5.97 Å². The van der Waals surface area contributed by atoms with Crippen LogP contribution in [-0.2, 0) is 14.8 Å². The molecule has 1 fully saturated rings. The van der Waals surface area contributed by atoms with Gasteiger partial charge in [-0.25, -0.2) is 8.42 Å². The van der Waals surface area contributed by atoms with E-state index in [0.29, 0.717) is 31.1 Å². The molecule has 1 unspecified atom stereocenters. The number of hydrogen-bond acceptors (Lipinski definition) is 5. The van der Waals surface area contributed by atoms with Crippen LogP contribution in [0.4, 0.5) is 0 Å². The first kappa shape index (κ1) is 15.4. The van der Waals surface area contributed by atoms with Crippen LogP contribution in [-0.4, -0.2) is 49.6 Å². The maximum absolute atomic E-state index is 12.7. The molecule has 0 saturated carbocycles. The summed E-state index contributed by atoms with van der Waals surface area (Å²) in [6.45, 7) is 0.836. The molecule has 7 nitrogen and oxygen atoms in total. The van der Waals surface area contributed by atoms with Crippen molar-refractivity contribution in [3.05, 3.63) is 17.2 Å². The molecule has 2 aliphatic rings. The number of carboxylic acids is 1. The summed E-state index contributed by atoms with van der Waals surface area (Å²) in [5.41, 5.74) is 0. The smallest absolute Gasteiger partial charge is 0.322 e. The van der Waals surface area contributed by atoms with Crippen molar-refractivity contribution in [2.75, 3.05) is 19.8 Å². The molecule has 1 N–H and O–H groups in total. The Bertz CT molecular complexity index is 719. The van der Waals surface area contributed by atoms with Crippen molar-refractivity contribution in [1.82, 2.24) is 4.31 Å². The van der Waals surface area contributed by atoms with E-state index in [-0.39, 0.29) is 22.9 Å². The first-order chi connectivity index (χ1) is 10.4. The van der Waals surface area contributed by atoms with Gasteiger partial charge in [0.1, 0.15) is 24.2 Å². The highest BCUT2D eigenvalue weighted by Crippen LogP contribution is 2.39. The predicted octanol–water partition coefficient (Wildman–Crippen LogP) is 1.35. The molecule has 3 rings (SSSR count). The predicted molar refractivity (Wildman–Crippen MR) is 77.0 cm³/mol. The van der Waals surface area contributed by atoms with Gasteiger partial charge in [-0.15, -0.1) is 0 Å². The lowest BCUT2D eigenvalue weighted by atomic mass is 10.2. The first-order valence-corrected chi connectivity index (χ1v) is 8.57. The molecule has 9 heteroatoms. The Morgan fingerprint density at radius 3 is 2.55 bits per heavy atom. The Kier molecular flexibility index (Phi) is 3.92. The molecule has 2 heterocycles. The van der Waals surface area contributed by atoms with E-state index in [1.165, 1.54) is 12.1 Å². The zero-order valence-electron chi connectivity index (χ0n) is 11.5. The highest BCUT2D eigenvalue weighted by atomic mass is 35.5. The van der Waals surface area contributed by atoms with Crippen molar-refractivity contribution in [2.24, 2.45) is 0 Å². The quantitative estimate of drug-likeness (QED) is 0.887. The molecule has 1 aromatic rings. The Morgan fingerprint density at radius 1 is 1.27 bits per heavy atom. The van der Waals surface area contributed by atoms with Crippen LogP contribution >= 0.6 is 11.6 Å². The Labute approximate surface area is 132 Å². The summed E-state index contributed by atoms with van der Waals surface area (Å²) in [6, 6.07) is 1.62. The lowest BCUT2D eigenvalue weighted by Crippen LogP contribution is -2.40. The zero-order valence-corrected chi connectivity index (χ0v) is 13.1. The summed E-state index contributed by atoms with van der Waals surface area (Å²) in [5, 5.41) is 9.16. The minimum Gasteiger partial charge on any atom is -0.486 e. The number of fused-ring (bicyclic) bond motifs is 1. The Morgan fingerprint density at radius 2 is 1.91 bits per heavy atom. The highest BCUT2D eigenvalue weighted by molar-refractivity contribution is 7.89. The van der Waals surface area contributed by atoms with Gasteiger partial charge in [0.25, 0.3) is 0 Å². The third kappa shape index (κ3) is 2.51. The molecular weight excluding hydrogens is 334 g/mol. The summed E-state index contributed by atoms with van der Waals surface area (Å²) >= 11 is 6.06. The maximum atomic E-state index is 12.7. The molecule has 1 saturated heterocycles. The number of benzene rings is 1. The van der Waals surface area contributed by atoms with Gasteiger partial charge in [-0.2, -0.15) is 4.31 Å². The third-order valence-corrected chi connectivity index (χ3v) is 6.04. The fraction of sp³-hybridized carbons (Fsp3) is 0.462. The van der Waals surface area contributed by atoms with Crippen LogP contribution in [0.25, 0.3) is 0 Å². The topological polar surface area (TPSA) is 93.1 Å². The van der Waals surface area contributed by atoms with E-state index in [4.69, 9.17) is 21.1 Å². The average molecular weight is 348 g/mol.